The van der Waals surface area contributed by atoms with Crippen molar-refractivity contribution in [1.29, 1.82) is 0 Å². The molecule has 0 bridgehead atoms. The van der Waals surface area contributed by atoms with E-state index in [1.54, 1.807) is 0 Å². The number of thiophene rings is 1. The fourth-order valence-electron chi connectivity index (χ4n) is 1.14. The molecule has 1 aromatic rings. The van der Waals surface area contributed by atoms with Gasteiger partial charge in [-0.3, -0.25) is 4.79 Å². The van der Waals surface area contributed by atoms with Gasteiger partial charge in [0.05, 0.1) is 3.79 Å². The third-order valence-corrected chi connectivity index (χ3v) is 3.86. The average molecular weight is 278 g/mol. The van der Waals surface area contributed by atoms with Crippen molar-refractivity contribution in [2.24, 2.45) is 5.73 Å². The van der Waals surface area contributed by atoms with Crippen molar-refractivity contribution in [3.05, 3.63) is 20.8 Å². The molecule has 5 heteroatoms. The Labute approximate surface area is 95.1 Å². The van der Waals surface area contributed by atoms with Gasteiger partial charge in [0.2, 0.25) is 0 Å². The van der Waals surface area contributed by atoms with Gasteiger partial charge in [-0.2, -0.15) is 0 Å². The molecule has 0 aliphatic rings. The van der Waals surface area contributed by atoms with E-state index in [1.807, 2.05) is 25.3 Å². The Morgan fingerprint density at radius 2 is 2.29 bits per heavy atom. The molecule has 0 saturated carbocycles. The molecule has 1 heterocycles. The molecule has 0 radical (unpaired) electrons. The summed E-state index contributed by atoms with van der Waals surface area (Å²) in [5, 5.41) is 10.8. The van der Waals surface area contributed by atoms with Gasteiger partial charge in [-0.15, -0.1) is 11.3 Å². The largest absolute Gasteiger partial charge is 0.480 e. The summed E-state index contributed by atoms with van der Waals surface area (Å²) in [6, 6.07) is 1.02. The van der Waals surface area contributed by atoms with Gasteiger partial charge >= 0.3 is 5.97 Å². The van der Waals surface area contributed by atoms with E-state index >= 15 is 0 Å². The monoisotopic (exact) mass is 277 g/mol. The van der Waals surface area contributed by atoms with Crippen LogP contribution < -0.4 is 5.73 Å². The second kappa shape index (κ2) is 4.00. The molecule has 1 rings (SSSR count). The molecular formula is C9H12BrNO2S. The van der Waals surface area contributed by atoms with Gasteiger partial charge < -0.3 is 10.8 Å². The SMILES string of the molecule is CC(C)(c1csc(Br)c1)C(N)C(=O)O. The van der Waals surface area contributed by atoms with Gasteiger partial charge in [0.1, 0.15) is 6.04 Å². The van der Waals surface area contributed by atoms with Crippen molar-refractivity contribution in [1.82, 2.24) is 0 Å². The lowest BCUT2D eigenvalue weighted by molar-refractivity contribution is -0.140. The summed E-state index contributed by atoms with van der Waals surface area (Å²) in [4.78, 5) is 10.8. The highest BCUT2D eigenvalue weighted by atomic mass is 79.9. The fourth-order valence-corrected chi connectivity index (χ4v) is 2.47. The maximum Gasteiger partial charge on any atom is 0.321 e. The highest BCUT2D eigenvalue weighted by Gasteiger charge is 2.34. The van der Waals surface area contributed by atoms with Gasteiger partial charge in [-0.05, 0) is 32.9 Å². The van der Waals surface area contributed by atoms with Crippen LogP contribution in [0.15, 0.2) is 15.2 Å². The van der Waals surface area contributed by atoms with Crippen molar-refractivity contribution in [3.63, 3.8) is 0 Å². The summed E-state index contributed by atoms with van der Waals surface area (Å²) >= 11 is 4.87. The van der Waals surface area contributed by atoms with Gasteiger partial charge in [0.15, 0.2) is 0 Å². The van der Waals surface area contributed by atoms with Gasteiger partial charge in [-0.25, -0.2) is 0 Å². The highest BCUT2D eigenvalue weighted by molar-refractivity contribution is 9.11. The predicted molar refractivity (Wildman–Crippen MR) is 60.7 cm³/mol. The zero-order valence-electron chi connectivity index (χ0n) is 7.95. The third-order valence-electron chi connectivity index (χ3n) is 2.36. The second-order valence-corrected chi connectivity index (χ2v) is 5.97. The quantitative estimate of drug-likeness (QED) is 0.891. The minimum atomic E-state index is -0.975. The maximum atomic E-state index is 10.8. The Morgan fingerprint density at radius 3 is 2.64 bits per heavy atom. The Kier molecular flexibility index (Phi) is 3.34. The zero-order valence-corrected chi connectivity index (χ0v) is 10.4. The average Bonchev–Trinajstić information content (AvgIpc) is 2.50. The first-order chi connectivity index (χ1) is 6.35. The minimum Gasteiger partial charge on any atom is -0.480 e. The van der Waals surface area contributed by atoms with Gasteiger partial charge in [0, 0.05) is 5.41 Å². The zero-order chi connectivity index (χ0) is 10.9. The molecular weight excluding hydrogens is 266 g/mol. The molecule has 3 N–H and O–H groups in total. The second-order valence-electron chi connectivity index (χ2n) is 3.68. The summed E-state index contributed by atoms with van der Waals surface area (Å²) in [5.74, 6) is -0.975. The van der Waals surface area contributed by atoms with Crippen LogP contribution in [0.5, 0.6) is 0 Å². The first-order valence-corrected chi connectivity index (χ1v) is 5.76. The first kappa shape index (κ1) is 11.7. The number of carboxylic acids is 1. The van der Waals surface area contributed by atoms with Crippen LogP contribution in [0.25, 0.3) is 0 Å². The van der Waals surface area contributed by atoms with Crippen molar-refractivity contribution >= 4 is 33.2 Å². The molecule has 14 heavy (non-hydrogen) atoms. The van der Waals surface area contributed by atoms with Crippen molar-refractivity contribution < 1.29 is 9.90 Å². The van der Waals surface area contributed by atoms with E-state index in [2.05, 4.69) is 15.9 Å². The van der Waals surface area contributed by atoms with E-state index in [4.69, 9.17) is 10.8 Å². The normalized spacial score (nSPS) is 14.0. The topological polar surface area (TPSA) is 63.3 Å². The number of rotatable bonds is 3. The van der Waals surface area contributed by atoms with E-state index in [9.17, 15) is 4.79 Å². The van der Waals surface area contributed by atoms with Gasteiger partial charge in [0.25, 0.3) is 0 Å². The Balaban J connectivity index is 3.01. The maximum absolute atomic E-state index is 10.8. The molecule has 3 nitrogen and oxygen atoms in total. The van der Waals surface area contributed by atoms with E-state index in [1.165, 1.54) is 11.3 Å². The van der Waals surface area contributed by atoms with Crippen LogP contribution in [0, 0.1) is 0 Å². The Bertz CT molecular complexity index is 348. The smallest absolute Gasteiger partial charge is 0.321 e. The molecule has 0 amide bonds. The van der Waals surface area contributed by atoms with E-state index in [0.717, 1.165) is 9.35 Å². The molecule has 0 spiro atoms. The number of carboxylic acid groups (broad SMARTS) is 1. The Morgan fingerprint density at radius 1 is 1.71 bits per heavy atom. The van der Waals surface area contributed by atoms with Crippen LogP contribution in [0.2, 0.25) is 0 Å². The molecule has 78 valence electrons. The van der Waals surface area contributed by atoms with E-state index in [-0.39, 0.29) is 0 Å². The van der Waals surface area contributed by atoms with E-state index in [0.29, 0.717) is 0 Å². The number of hydrogen-bond donors (Lipinski definition) is 2. The van der Waals surface area contributed by atoms with Crippen molar-refractivity contribution in [2.45, 2.75) is 25.3 Å². The number of hydrogen-bond acceptors (Lipinski definition) is 3. The number of nitrogens with two attached hydrogens (primary N) is 1. The lowest BCUT2D eigenvalue weighted by Gasteiger charge is -2.27. The predicted octanol–water partition coefficient (Wildman–Crippen LogP) is 2.20. The molecule has 1 unspecified atom stereocenters. The summed E-state index contributed by atoms with van der Waals surface area (Å²) in [6.07, 6.45) is 0. The molecule has 1 atom stereocenters. The van der Waals surface area contributed by atoms with Crippen LogP contribution in [0.4, 0.5) is 0 Å². The highest BCUT2D eigenvalue weighted by Crippen LogP contribution is 2.32. The first-order valence-electron chi connectivity index (χ1n) is 4.08. The van der Waals surface area contributed by atoms with Crippen LogP contribution in [-0.2, 0) is 10.2 Å². The third kappa shape index (κ3) is 2.16. The number of carbonyl (C=O) groups is 1. The van der Waals surface area contributed by atoms with Crippen LogP contribution >= 0.6 is 27.3 Å². The lowest BCUT2D eigenvalue weighted by Crippen LogP contribution is -2.46. The summed E-state index contributed by atoms with van der Waals surface area (Å²) < 4.78 is 0.984. The molecule has 0 fully saturated rings. The van der Waals surface area contributed by atoms with Crippen LogP contribution in [0.1, 0.15) is 19.4 Å². The molecule has 0 aliphatic heterocycles. The minimum absolute atomic E-state index is 0.547. The summed E-state index contributed by atoms with van der Waals surface area (Å²) in [7, 11) is 0. The summed E-state index contributed by atoms with van der Waals surface area (Å²) in [5.41, 5.74) is 6.03. The van der Waals surface area contributed by atoms with Crippen LogP contribution in [-0.4, -0.2) is 17.1 Å². The van der Waals surface area contributed by atoms with Crippen molar-refractivity contribution in [3.8, 4) is 0 Å². The molecule has 0 aromatic carbocycles. The number of halogens is 1. The molecule has 1 aromatic heterocycles. The standard InChI is InChI=1S/C9H12BrNO2S/c1-9(2,7(11)8(12)13)5-3-6(10)14-4-5/h3-4,7H,11H2,1-2H3,(H,12,13). The summed E-state index contributed by atoms with van der Waals surface area (Å²) in [6.45, 7) is 3.67. The van der Waals surface area contributed by atoms with Gasteiger partial charge in [-0.1, -0.05) is 13.8 Å². The van der Waals surface area contributed by atoms with E-state index < -0.39 is 17.4 Å². The van der Waals surface area contributed by atoms with Crippen LogP contribution in [0.3, 0.4) is 0 Å². The number of aliphatic carboxylic acids is 1. The Hall–Kier alpha value is -0.390. The fraction of sp³-hybridized carbons (Fsp3) is 0.444. The van der Waals surface area contributed by atoms with Crippen molar-refractivity contribution in [2.75, 3.05) is 0 Å². The molecule has 0 saturated heterocycles. The molecule has 0 aliphatic carbocycles. The lowest BCUT2D eigenvalue weighted by atomic mass is 9.79.